The topological polar surface area (TPSA) is 105 Å². The van der Waals surface area contributed by atoms with Gasteiger partial charge < -0.3 is 24.3 Å². The van der Waals surface area contributed by atoms with Crippen LogP contribution in [0.5, 0.6) is 11.5 Å². The fourth-order valence-corrected chi connectivity index (χ4v) is 3.31. The summed E-state index contributed by atoms with van der Waals surface area (Å²) in [5.74, 6) is 0.932. The first-order valence-electron chi connectivity index (χ1n) is 8.60. The number of hydrogen-bond acceptors (Lipinski definition) is 8. The van der Waals surface area contributed by atoms with Crippen LogP contribution in [-0.2, 0) is 4.74 Å². The van der Waals surface area contributed by atoms with Crippen LogP contribution in [0.15, 0.2) is 40.9 Å². The summed E-state index contributed by atoms with van der Waals surface area (Å²) in [5, 5.41) is 20.5. The van der Waals surface area contributed by atoms with E-state index in [4.69, 9.17) is 9.15 Å². The molecule has 8 heteroatoms. The van der Waals surface area contributed by atoms with Gasteiger partial charge in [-0.05, 0) is 24.3 Å². The smallest absolute Gasteiger partial charge is 0.229 e. The second-order valence-electron chi connectivity index (χ2n) is 6.34. The average molecular weight is 364 g/mol. The number of aromatic nitrogens is 3. The van der Waals surface area contributed by atoms with Gasteiger partial charge in [0, 0.05) is 30.9 Å². The lowest BCUT2D eigenvalue weighted by molar-refractivity contribution is 0.122. The zero-order valence-corrected chi connectivity index (χ0v) is 14.3. The maximum atomic E-state index is 9.85. The Bertz CT molecular complexity index is 1130. The van der Waals surface area contributed by atoms with E-state index in [0.717, 1.165) is 5.39 Å². The van der Waals surface area contributed by atoms with E-state index in [2.05, 4.69) is 19.9 Å². The summed E-state index contributed by atoms with van der Waals surface area (Å²) in [7, 11) is 0. The number of nitrogens with zero attached hydrogens (tertiary/aromatic N) is 4. The number of rotatable bonds is 2. The Kier molecular flexibility index (Phi) is 3.58. The Labute approximate surface area is 153 Å². The van der Waals surface area contributed by atoms with Crippen LogP contribution >= 0.6 is 0 Å². The molecule has 0 atom stereocenters. The largest absolute Gasteiger partial charge is 0.508 e. The Balaban J connectivity index is 1.79. The predicted molar refractivity (Wildman–Crippen MR) is 98.9 cm³/mol. The van der Waals surface area contributed by atoms with E-state index in [1.807, 2.05) is 12.1 Å². The standard InChI is InChI=1S/C19H16N4O4/c24-12-8-11(9-13(25)10-12)17-21-15-14-2-1-3-20-19(14)27-16(15)18(22-17)23-4-6-26-7-5-23/h1-3,8-10,24-25H,4-7H2. The van der Waals surface area contributed by atoms with Crippen LogP contribution < -0.4 is 4.90 Å². The second kappa shape index (κ2) is 6.10. The molecule has 0 amide bonds. The molecule has 4 aromatic rings. The third kappa shape index (κ3) is 2.70. The minimum Gasteiger partial charge on any atom is -0.508 e. The normalized spacial score (nSPS) is 14.9. The maximum absolute atomic E-state index is 9.85. The molecule has 0 unspecified atom stereocenters. The zero-order valence-electron chi connectivity index (χ0n) is 14.3. The lowest BCUT2D eigenvalue weighted by Gasteiger charge is -2.27. The molecule has 1 fully saturated rings. The number of anilines is 1. The first-order valence-corrected chi connectivity index (χ1v) is 8.60. The Hall–Kier alpha value is -3.39. The number of pyridine rings is 1. The zero-order chi connectivity index (χ0) is 18.4. The van der Waals surface area contributed by atoms with Crippen LogP contribution in [-0.4, -0.2) is 51.5 Å². The number of furan rings is 1. The number of morpholine rings is 1. The lowest BCUT2D eigenvalue weighted by atomic mass is 10.1. The van der Waals surface area contributed by atoms with Crippen molar-refractivity contribution in [3.05, 3.63) is 36.5 Å². The summed E-state index contributed by atoms with van der Waals surface area (Å²) in [6, 6.07) is 8.03. The van der Waals surface area contributed by atoms with E-state index >= 15 is 0 Å². The minimum absolute atomic E-state index is 0.0552. The van der Waals surface area contributed by atoms with Crippen LogP contribution in [0, 0.1) is 0 Å². The fourth-order valence-electron chi connectivity index (χ4n) is 3.31. The summed E-state index contributed by atoms with van der Waals surface area (Å²) >= 11 is 0. The molecular formula is C19H16N4O4. The van der Waals surface area contributed by atoms with E-state index in [9.17, 15) is 10.2 Å². The second-order valence-corrected chi connectivity index (χ2v) is 6.34. The van der Waals surface area contributed by atoms with Gasteiger partial charge in [-0.25, -0.2) is 15.0 Å². The Morgan fingerprint density at radius 2 is 1.78 bits per heavy atom. The maximum Gasteiger partial charge on any atom is 0.229 e. The van der Waals surface area contributed by atoms with Gasteiger partial charge in [-0.1, -0.05) is 0 Å². The van der Waals surface area contributed by atoms with Gasteiger partial charge in [-0.2, -0.15) is 0 Å². The molecule has 0 radical (unpaired) electrons. The molecule has 3 aromatic heterocycles. The fraction of sp³-hybridized carbons (Fsp3) is 0.211. The van der Waals surface area contributed by atoms with Gasteiger partial charge in [-0.3, -0.25) is 0 Å². The van der Waals surface area contributed by atoms with Gasteiger partial charge in [-0.15, -0.1) is 0 Å². The molecule has 0 bridgehead atoms. The van der Waals surface area contributed by atoms with Gasteiger partial charge in [0.2, 0.25) is 5.71 Å². The number of hydrogen-bond donors (Lipinski definition) is 2. The van der Waals surface area contributed by atoms with Crippen LogP contribution in [0.25, 0.3) is 33.6 Å². The molecule has 1 aliphatic rings. The minimum atomic E-state index is -0.0552. The van der Waals surface area contributed by atoms with Crippen molar-refractivity contribution in [2.75, 3.05) is 31.2 Å². The van der Waals surface area contributed by atoms with Crippen molar-refractivity contribution in [2.45, 2.75) is 0 Å². The first-order chi connectivity index (χ1) is 13.2. The molecule has 1 aromatic carbocycles. The van der Waals surface area contributed by atoms with E-state index in [-0.39, 0.29) is 11.5 Å². The van der Waals surface area contributed by atoms with Gasteiger partial charge >= 0.3 is 0 Å². The number of ether oxygens (including phenoxy) is 1. The number of fused-ring (bicyclic) bond motifs is 3. The van der Waals surface area contributed by atoms with Gasteiger partial charge in [0.25, 0.3) is 0 Å². The molecule has 8 nitrogen and oxygen atoms in total. The molecule has 1 saturated heterocycles. The third-order valence-electron chi connectivity index (χ3n) is 4.54. The molecule has 0 aliphatic carbocycles. The van der Waals surface area contributed by atoms with E-state index in [1.54, 1.807) is 6.20 Å². The number of aromatic hydroxyl groups is 2. The number of benzene rings is 1. The van der Waals surface area contributed by atoms with Gasteiger partial charge in [0.05, 0.1) is 18.6 Å². The highest BCUT2D eigenvalue weighted by atomic mass is 16.5. The molecule has 27 heavy (non-hydrogen) atoms. The molecule has 1 aliphatic heterocycles. The van der Waals surface area contributed by atoms with Crippen LogP contribution in [0.4, 0.5) is 5.82 Å². The van der Waals surface area contributed by atoms with Crippen molar-refractivity contribution in [1.29, 1.82) is 0 Å². The summed E-state index contributed by atoms with van der Waals surface area (Å²) < 4.78 is 11.4. The monoisotopic (exact) mass is 364 g/mol. The molecule has 4 heterocycles. The molecule has 5 rings (SSSR count). The number of phenolic OH excluding ortho intramolecular Hbond substituents is 2. The van der Waals surface area contributed by atoms with Crippen molar-refractivity contribution in [2.24, 2.45) is 0 Å². The highest BCUT2D eigenvalue weighted by Gasteiger charge is 2.23. The summed E-state index contributed by atoms with van der Waals surface area (Å²) in [4.78, 5) is 15.7. The summed E-state index contributed by atoms with van der Waals surface area (Å²) in [5.41, 5.74) is 2.22. The van der Waals surface area contributed by atoms with Crippen LogP contribution in [0.1, 0.15) is 0 Å². The Morgan fingerprint density at radius 1 is 1.00 bits per heavy atom. The van der Waals surface area contributed by atoms with Crippen molar-refractivity contribution < 1.29 is 19.4 Å². The van der Waals surface area contributed by atoms with E-state index < -0.39 is 0 Å². The van der Waals surface area contributed by atoms with E-state index in [1.165, 1.54) is 18.2 Å². The van der Waals surface area contributed by atoms with Crippen molar-refractivity contribution >= 4 is 28.0 Å². The Morgan fingerprint density at radius 3 is 2.56 bits per heavy atom. The van der Waals surface area contributed by atoms with Crippen LogP contribution in [0.2, 0.25) is 0 Å². The summed E-state index contributed by atoms with van der Waals surface area (Å²) in [6.07, 6.45) is 1.67. The lowest BCUT2D eigenvalue weighted by Crippen LogP contribution is -2.37. The van der Waals surface area contributed by atoms with Crippen LogP contribution in [0.3, 0.4) is 0 Å². The molecule has 136 valence electrons. The summed E-state index contributed by atoms with van der Waals surface area (Å²) in [6.45, 7) is 2.57. The first kappa shape index (κ1) is 15.8. The highest BCUT2D eigenvalue weighted by Crippen LogP contribution is 2.35. The van der Waals surface area contributed by atoms with E-state index in [0.29, 0.717) is 60.3 Å². The average Bonchev–Trinajstić information content (AvgIpc) is 3.06. The molecule has 2 N–H and O–H groups in total. The predicted octanol–water partition coefficient (Wildman–Crippen LogP) is 2.69. The molecule has 0 saturated carbocycles. The highest BCUT2D eigenvalue weighted by molar-refractivity contribution is 6.05. The molecular weight excluding hydrogens is 348 g/mol. The number of phenols is 2. The van der Waals surface area contributed by atoms with Gasteiger partial charge in [0.15, 0.2) is 17.2 Å². The third-order valence-corrected chi connectivity index (χ3v) is 4.54. The quantitative estimate of drug-likeness (QED) is 0.559. The van der Waals surface area contributed by atoms with Crippen molar-refractivity contribution in [1.82, 2.24) is 15.0 Å². The van der Waals surface area contributed by atoms with Crippen molar-refractivity contribution in [3.63, 3.8) is 0 Å². The van der Waals surface area contributed by atoms with Crippen molar-refractivity contribution in [3.8, 4) is 22.9 Å². The SMILES string of the molecule is Oc1cc(O)cc(-c2nc(N3CCOCC3)c3oc4ncccc4c3n2)c1. The van der Waals surface area contributed by atoms with Gasteiger partial charge in [0.1, 0.15) is 17.0 Å². The molecule has 0 spiro atoms.